The molecule has 3 aromatic carbocycles. The highest BCUT2D eigenvalue weighted by molar-refractivity contribution is 5.87. The predicted octanol–water partition coefficient (Wildman–Crippen LogP) is 5.25. The lowest BCUT2D eigenvalue weighted by atomic mass is 9.72. The Morgan fingerprint density at radius 1 is 0.862 bits per heavy atom. The fourth-order valence-electron chi connectivity index (χ4n) is 3.53. The van der Waals surface area contributed by atoms with Gasteiger partial charge >= 0.3 is 11.9 Å². The van der Waals surface area contributed by atoms with Gasteiger partial charge in [0.2, 0.25) is 0 Å². The number of aryl methyl sites for hydroxylation is 1. The molecule has 1 atom stereocenters. The minimum atomic E-state index is -0.937. The van der Waals surface area contributed by atoms with E-state index in [1.54, 1.807) is 24.3 Å². The van der Waals surface area contributed by atoms with Crippen LogP contribution in [0.25, 0.3) is 0 Å². The highest BCUT2D eigenvalue weighted by Crippen LogP contribution is 2.37. The summed E-state index contributed by atoms with van der Waals surface area (Å²) in [5.41, 5.74) is 3.30. The highest BCUT2D eigenvalue weighted by Gasteiger charge is 2.29. The first-order chi connectivity index (χ1) is 13.9. The molecular formula is C25H24O4. The summed E-state index contributed by atoms with van der Waals surface area (Å²) in [5.74, 6) is -0.782. The number of carboxylic acid groups (broad SMARTS) is 1. The average Bonchev–Trinajstić information content (AvgIpc) is 2.73. The zero-order chi connectivity index (χ0) is 20.9. The monoisotopic (exact) mass is 388 g/mol. The van der Waals surface area contributed by atoms with Crippen LogP contribution < -0.4 is 4.74 Å². The highest BCUT2D eigenvalue weighted by atomic mass is 16.5. The maximum absolute atomic E-state index is 11.2. The first kappa shape index (κ1) is 20.3. The van der Waals surface area contributed by atoms with Crippen molar-refractivity contribution in [3.63, 3.8) is 0 Å². The standard InChI is InChI=1S/C25H24O4/c1-18(26)29-23-14-12-22(13-15-23)25(2,17-16-19-6-4-3-5-7-19)21-10-8-20(9-11-21)24(27)28/h3-15H,16-17H2,1-2H3,(H,27,28). The van der Waals surface area contributed by atoms with Gasteiger partial charge in [-0.05, 0) is 53.8 Å². The summed E-state index contributed by atoms with van der Waals surface area (Å²) in [4.78, 5) is 22.4. The van der Waals surface area contributed by atoms with Gasteiger partial charge in [-0.3, -0.25) is 4.79 Å². The molecule has 0 aliphatic carbocycles. The van der Waals surface area contributed by atoms with Crippen LogP contribution in [0.1, 0.15) is 47.3 Å². The molecule has 3 rings (SSSR count). The van der Waals surface area contributed by atoms with Crippen molar-refractivity contribution in [2.45, 2.75) is 32.1 Å². The fraction of sp³-hybridized carbons (Fsp3) is 0.200. The van der Waals surface area contributed by atoms with Gasteiger partial charge in [-0.1, -0.05) is 61.5 Å². The first-order valence-corrected chi connectivity index (χ1v) is 9.55. The number of carboxylic acids is 1. The van der Waals surface area contributed by atoms with Crippen molar-refractivity contribution in [1.82, 2.24) is 0 Å². The number of esters is 1. The van der Waals surface area contributed by atoms with E-state index in [-0.39, 0.29) is 16.9 Å². The van der Waals surface area contributed by atoms with E-state index >= 15 is 0 Å². The summed E-state index contributed by atoms with van der Waals surface area (Å²) in [6.45, 7) is 3.54. The van der Waals surface area contributed by atoms with Crippen LogP contribution in [0.5, 0.6) is 5.75 Å². The second kappa shape index (κ2) is 8.74. The van der Waals surface area contributed by atoms with Crippen molar-refractivity contribution >= 4 is 11.9 Å². The molecule has 0 amide bonds. The molecule has 0 aliphatic rings. The Morgan fingerprint density at radius 3 is 1.93 bits per heavy atom. The summed E-state index contributed by atoms with van der Waals surface area (Å²) in [5, 5.41) is 9.21. The third kappa shape index (κ3) is 4.91. The van der Waals surface area contributed by atoms with Crippen LogP contribution in [-0.2, 0) is 16.6 Å². The fourth-order valence-corrected chi connectivity index (χ4v) is 3.53. The molecular weight excluding hydrogens is 364 g/mol. The Bertz CT molecular complexity index is 976. The van der Waals surface area contributed by atoms with Crippen molar-refractivity contribution in [2.24, 2.45) is 0 Å². The molecule has 4 nitrogen and oxygen atoms in total. The Labute approximate surface area is 170 Å². The van der Waals surface area contributed by atoms with E-state index < -0.39 is 5.97 Å². The van der Waals surface area contributed by atoms with E-state index in [4.69, 9.17) is 4.74 Å². The summed E-state index contributed by atoms with van der Waals surface area (Å²) in [6.07, 6.45) is 1.72. The maximum Gasteiger partial charge on any atom is 0.335 e. The second-order valence-electron chi connectivity index (χ2n) is 7.32. The van der Waals surface area contributed by atoms with Crippen LogP contribution in [0.3, 0.4) is 0 Å². The smallest absolute Gasteiger partial charge is 0.335 e. The third-order valence-corrected chi connectivity index (χ3v) is 5.28. The molecule has 148 valence electrons. The van der Waals surface area contributed by atoms with Crippen molar-refractivity contribution in [2.75, 3.05) is 0 Å². The molecule has 0 saturated heterocycles. The molecule has 1 N–H and O–H groups in total. The molecule has 0 saturated carbocycles. The topological polar surface area (TPSA) is 63.6 Å². The number of aromatic carboxylic acids is 1. The SMILES string of the molecule is CC(=O)Oc1ccc(C(C)(CCc2ccccc2)c2ccc(C(=O)O)cc2)cc1. The van der Waals surface area contributed by atoms with Gasteiger partial charge in [-0.15, -0.1) is 0 Å². The zero-order valence-electron chi connectivity index (χ0n) is 16.6. The third-order valence-electron chi connectivity index (χ3n) is 5.28. The molecule has 0 bridgehead atoms. The second-order valence-corrected chi connectivity index (χ2v) is 7.32. The van der Waals surface area contributed by atoms with Gasteiger partial charge in [-0.25, -0.2) is 4.79 Å². The lowest BCUT2D eigenvalue weighted by Gasteiger charge is -2.31. The number of ether oxygens (including phenoxy) is 1. The van der Waals surface area contributed by atoms with Crippen LogP contribution in [-0.4, -0.2) is 17.0 Å². The van der Waals surface area contributed by atoms with Crippen LogP contribution in [0.15, 0.2) is 78.9 Å². The van der Waals surface area contributed by atoms with Gasteiger partial charge in [0.1, 0.15) is 5.75 Å². The van der Waals surface area contributed by atoms with Gasteiger partial charge in [0.05, 0.1) is 5.56 Å². The maximum atomic E-state index is 11.2. The molecule has 0 spiro atoms. The number of hydrogen-bond acceptors (Lipinski definition) is 3. The van der Waals surface area contributed by atoms with Gasteiger partial charge in [0.15, 0.2) is 0 Å². The lowest BCUT2D eigenvalue weighted by molar-refractivity contribution is -0.131. The number of carbonyl (C=O) groups excluding carboxylic acids is 1. The first-order valence-electron chi connectivity index (χ1n) is 9.55. The van der Waals surface area contributed by atoms with Crippen LogP contribution >= 0.6 is 0 Å². The zero-order valence-corrected chi connectivity index (χ0v) is 16.6. The number of rotatable bonds is 7. The van der Waals surface area contributed by atoms with Crippen molar-refractivity contribution in [3.8, 4) is 5.75 Å². The normalized spacial score (nSPS) is 12.8. The van der Waals surface area contributed by atoms with Gasteiger partial charge in [0.25, 0.3) is 0 Å². The van der Waals surface area contributed by atoms with E-state index in [9.17, 15) is 14.7 Å². The minimum absolute atomic E-state index is 0.268. The molecule has 0 aliphatic heterocycles. The quantitative estimate of drug-likeness (QED) is 0.444. The Balaban J connectivity index is 1.95. The average molecular weight is 388 g/mol. The molecule has 3 aromatic rings. The summed E-state index contributed by atoms with van der Waals surface area (Å²) in [6, 6.07) is 24.9. The van der Waals surface area contributed by atoms with E-state index in [1.165, 1.54) is 12.5 Å². The number of carbonyl (C=O) groups is 2. The largest absolute Gasteiger partial charge is 0.478 e. The van der Waals surface area contributed by atoms with Gasteiger partial charge in [0, 0.05) is 12.3 Å². The molecule has 29 heavy (non-hydrogen) atoms. The molecule has 0 radical (unpaired) electrons. The Hall–Kier alpha value is -3.40. The van der Waals surface area contributed by atoms with Crippen molar-refractivity contribution in [3.05, 3.63) is 101 Å². The van der Waals surface area contributed by atoms with E-state index in [2.05, 4.69) is 19.1 Å². The van der Waals surface area contributed by atoms with Crippen LogP contribution in [0.2, 0.25) is 0 Å². The Kier molecular flexibility index (Phi) is 6.13. The number of hydrogen-bond donors (Lipinski definition) is 1. The molecule has 4 heteroatoms. The van der Waals surface area contributed by atoms with E-state index in [0.717, 1.165) is 24.0 Å². The molecule has 0 aromatic heterocycles. The predicted molar refractivity (Wildman–Crippen MR) is 112 cm³/mol. The van der Waals surface area contributed by atoms with Crippen molar-refractivity contribution < 1.29 is 19.4 Å². The summed E-state index contributed by atoms with van der Waals surface area (Å²) in [7, 11) is 0. The minimum Gasteiger partial charge on any atom is -0.478 e. The molecule has 1 unspecified atom stereocenters. The summed E-state index contributed by atoms with van der Waals surface area (Å²) < 4.78 is 5.15. The van der Waals surface area contributed by atoms with Crippen LogP contribution in [0.4, 0.5) is 0 Å². The summed E-state index contributed by atoms with van der Waals surface area (Å²) >= 11 is 0. The van der Waals surface area contributed by atoms with Crippen molar-refractivity contribution in [1.29, 1.82) is 0 Å². The van der Waals surface area contributed by atoms with Gasteiger partial charge in [-0.2, -0.15) is 0 Å². The lowest BCUT2D eigenvalue weighted by Crippen LogP contribution is -2.25. The van der Waals surface area contributed by atoms with E-state index in [1.807, 2.05) is 42.5 Å². The van der Waals surface area contributed by atoms with E-state index in [0.29, 0.717) is 5.75 Å². The van der Waals surface area contributed by atoms with Crippen LogP contribution in [0, 0.1) is 0 Å². The molecule has 0 heterocycles. The number of benzene rings is 3. The van der Waals surface area contributed by atoms with Gasteiger partial charge < -0.3 is 9.84 Å². The molecule has 0 fully saturated rings. The Morgan fingerprint density at radius 2 is 1.41 bits per heavy atom.